The van der Waals surface area contributed by atoms with Crippen molar-refractivity contribution in [2.45, 2.75) is 96.8 Å². The molecule has 32 heavy (non-hydrogen) atoms. The first-order valence-corrected chi connectivity index (χ1v) is 13.6. The van der Waals surface area contributed by atoms with Crippen LogP contribution in [0.4, 0.5) is 0 Å². The Morgan fingerprint density at radius 2 is 1.91 bits per heavy atom. The number of likely N-dealkylation sites (tertiary alicyclic amines) is 1. The van der Waals surface area contributed by atoms with Gasteiger partial charge in [-0.2, -0.15) is 0 Å². The molecule has 4 aliphatic carbocycles. The van der Waals surface area contributed by atoms with Crippen LogP contribution in [0.1, 0.15) is 78.6 Å². The molecule has 0 spiro atoms. The molecule has 0 amide bonds. The molecule has 0 unspecified atom stereocenters. The van der Waals surface area contributed by atoms with Crippen molar-refractivity contribution >= 4 is 0 Å². The number of allylic oxidation sites excluding steroid dienone is 1. The zero-order valence-electron chi connectivity index (χ0n) is 20.8. The van der Waals surface area contributed by atoms with Crippen LogP contribution < -0.4 is 0 Å². The number of hydrogen-bond donors (Lipinski definition) is 3. The molecule has 1 saturated heterocycles. The molecule has 0 aromatic rings. The summed E-state index contributed by atoms with van der Waals surface area (Å²) in [6.45, 7) is 8.56. The molecule has 1 heterocycles. The second-order valence-corrected chi connectivity index (χ2v) is 13.0. The van der Waals surface area contributed by atoms with Gasteiger partial charge in [-0.15, -0.1) is 0 Å². The first-order chi connectivity index (χ1) is 15.2. The van der Waals surface area contributed by atoms with E-state index in [0.29, 0.717) is 29.7 Å². The van der Waals surface area contributed by atoms with Crippen molar-refractivity contribution in [2.24, 2.45) is 46.3 Å². The first-order valence-electron chi connectivity index (χ1n) is 13.6. The van der Waals surface area contributed by atoms with Crippen LogP contribution in [0.15, 0.2) is 11.6 Å². The fraction of sp³-hybridized carbons (Fsp3) is 0.929. The molecule has 5 rings (SSSR count). The molecule has 4 heteroatoms. The third kappa shape index (κ3) is 3.38. The molecule has 182 valence electrons. The van der Waals surface area contributed by atoms with Gasteiger partial charge in [0.1, 0.15) is 0 Å². The van der Waals surface area contributed by atoms with Gasteiger partial charge in [-0.05, 0) is 106 Å². The van der Waals surface area contributed by atoms with Crippen molar-refractivity contribution in [1.82, 2.24) is 4.90 Å². The maximum absolute atomic E-state index is 11.5. The lowest BCUT2D eigenvalue weighted by Crippen LogP contribution is -2.55. The van der Waals surface area contributed by atoms with Crippen LogP contribution in [0.3, 0.4) is 0 Å². The van der Waals surface area contributed by atoms with Gasteiger partial charge in [0, 0.05) is 24.6 Å². The highest BCUT2D eigenvalue weighted by atomic mass is 16.3. The predicted molar refractivity (Wildman–Crippen MR) is 128 cm³/mol. The van der Waals surface area contributed by atoms with Crippen molar-refractivity contribution in [3.63, 3.8) is 0 Å². The Kier molecular flexibility index (Phi) is 6.09. The molecule has 3 saturated carbocycles. The fourth-order valence-corrected chi connectivity index (χ4v) is 9.97. The van der Waals surface area contributed by atoms with E-state index in [1.807, 2.05) is 0 Å². The zero-order chi connectivity index (χ0) is 22.8. The maximum Gasteiger partial charge on any atom is 0.0580 e. The Balaban J connectivity index is 1.43. The van der Waals surface area contributed by atoms with Crippen LogP contribution in [0.2, 0.25) is 0 Å². The minimum absolute atomic E-state index is 0.125. The van der Waals surface area contributed by atoms with E-state index >= 15 is 0 Å². The number of aliphatic hydroxyl groups is 3. The van der Waals surface area contributed by atoms with Gasteiger partial charge in [0.2, 0.25) is 0 Å². The molecule has 4 fully saturated rings. The molecule has 0 bridgehead atoms. The smallest absolute Gasteiger partial charge is 0.0580 e. The molecule has 0 aromatic carbocycles. The van der Waals surface area contributed by atoms with Gasteiger partial charge in [0.15, 0.2) is 0 Å². The number of nitrogens with zero attached hydrogens (tertiary/aromatic N) is 1. The fourth-order valence-electron chi connectivity index (χ4n) is 9.97. The van der Waals surface area contributed by atoms with Gasteiger partial charge in [0.05, 0.1) is 12.2 Å². The molecule has 11 atom stereocenters. The van der Waals surface area contributed by atoms with E-state index in [4.69, 9.17) is 0 Å². The molecule has 1 aliphatic heterocycles. The van der Waals surface area contributed by atoms with Crippen molar-refractivity contribution < 1.29 is 15.3 Å². The number of fused-ring (bicyclic) bond motifs is 5. The summed E-state index contributed by atoms with van der Waals surface area (Å²) in [4.78, 5) is 2.54. The third-order valence-corrected chi connectivity index (χ3v) is 11.5. The quantitative estimate of drug-likeness (QED) is 0.569. The van der Waals surface area contributed by atoms with E-state index < -0.39 is 0 Å². The standard InChI is InChI=1S/C28H47NO3/c1-17-5-8-24(29(4)15-17)18(2)26-25(32)14-23-21-7-6-19-13-20(31)9-11-27(19,3)22(21)10-12-28(23,26)16-30/h6,17-18,20-26,30-32H,5,7-16H2,1-4H3/t17-,18+,20-,21+,22-,23-,24-,25-,26-,27-,28+/m0/s1. The van der Waals surface area contributed by atoms with E-state index in [9.17, 15) is 15.3 Å². The molecule has 0 radical (unpaired) electrons. The van der Waals surface area contributed by atoms with E-state index in [1.165, 1.54) is 24.8 Å². The molecular weight excluding hydrogens is 398 g/mol. The Morgan fingerprint density at radius 3 is 2.62 bits per heavy atom. The maximum atomic E-state index is 11.5. The van der Waals surface area contributed by atoms with Crippen LogP contribution in [0.25, 0.3) is 0 Å². The second kappa shape index (κ2) is 8.36. The van der Waals surface area contributed by atoms with Crippen molar-refractivity contribution in [3.05, 3.63) is 11.6 Å². The topological polar surface area (TPSA) is 63.9 Å². The lowest BCUT2D eigenvalue weighted by molar-refractivity contribution is -0.104. The van der Waals surface area contributed by atoms with Crippen LogP contribution in [-0.2, 0) is 0 Å². The van der Waals surface area contributed by atoms with Gasteiger partial charge in [-0.25, -0.2) is 0 Å². The summed E-state index contributed by atoms with van der Waals surface area (Å²) < 4.78 is 0. The largest absolute Gasteiger partial charge is 0.396 e. The van der Waals surface area contributed by atoms with E-state index in [2.05, 4.69) is 38.8 Å². The van der Waals surface area contributed by atoms with E-state index in [0.717, 1.165) is 51.0 Å². The summed E-state index contributed by atoms with van der Waals surface area (Å²) in [5.41, 5.74) is 1.58. The monoisotopic (exact) mass is 445 g/mol. The molecule has 4 nitrogen and oxygen atoms in total. The number of hydrogen-bond acceptors (Lipinski definition) is 4. The highest BCUT2D eigenvalue weighted by Gasteiger charge is 2.64. The Hall–Kier alpha value is -0.420. The summed E-state index contributed by atoms with van der Waals surface area (Å²) in [7, 11) is 2.27. The van der Waals surface area contributed by atoms with Gasteiger partial charge < -0.3 is 20.2 Å². The van der Waals surface area contributed by atoms with E-state index in [-0.39, 0.29) is 35.6 Å². The molecule has 5 aliphatic rings. The average Bonchev–Trinajstić information content (AvgIpc) is 3.06. The second-order valence-electron chi connectivity index (χ2n) is 13.0. The average molecular weight is 446 g/mol. The first kappa shape index (κ1) is 23.3. The molecule has 3 N–H and O–H groups in total. The highest BCUT2D eigenvalue weighted by molar-refractivity contribution is 5.26. The third-order valence-electron chi connectivity index (χ3n) is 11.5. The van der Waals surface area contributed by atoms with Gasteiger partial charge in [-0.1, -0.05) is 32.4 Å². The lowest BCUT2D eigenvalue weighted by Gasteiger charge is -2.59. The van der Waals surface area contributed by atoms with Crippen LogP contribution in [0.5, 0.6) is 0 Å². The Morgan fingerprint density at radius 1 is 1.12 bits per heavy atom. The number of piperidine rings is 1. The van der Waals surface area contributed by atoms with Crippen LogP contribution in [-0.4, -0.2) is 58.7 Å². The van der Waals surface area contributed by atoms with Gasteiger partial charge >= 0.3 is 0 Å². The SMILES string of the molecule is C[C@H]1CC[C@@H]([C@@H](C)[C@H]2[C@@H](O)C[C@H]3[C@@H]4CC=C5C[C@@H](O)CC[C@]5(C)[C@H]4CC[C@]23CO)N(C)C1. The highest BCUT2D eigenvalue weighted by Crippen LogP contribution is 2.67. The van der Waals surface area contributed by atoms with Crippen LogP contribution >= 0.6 is 0 Å². The normalized spacial score (nSPS) is 52.5. The van der Waals surface area contributed by atoms with E-state index in [1.54, 1.807) is 0 Å². The van der Waals surface area contributed by atoms with Crippen molar-refractivity contribution in [1.29, 1.82) is 0 Å². The molecular formula is C28H47NO3. The summed E-state index contributed by atoms with van der Waals surface area (Å²) in [6, 6.07) is 0.515. The zero-order valence-corrected chi connectivity index (χ0v) is 20.8. The predicted octanol–water partition coefficient (Wildman–Crippen LogP) is 4.24. The van der Waals surface area contributed by atoms with Gasteiger partial charge in [0.25, 0.3) is 0 Å². The lowest BCUT2D eigenvalue weighted by atomic mass is 9.46. The minimum atomic E-state index is -0.292. The summed E-state index contributed by atoms with van der Waals surface area (Å²) >= 11 is 0. The Bertz CT molecular complexity index is 738. The minimum Gasteiger partial charge on any atom is -0.396 e. The Labute approximate surface area is 195 Å². The number of aliphatic hydroxyl groups excluding tert-OH is 3. The summed E-state index contributed by atoms with van der Waals surface area (Å²) in [5.74, 6) is 2.99. The van der Waals surface area contributed by atoms with Crippen molar-refractivity contribution in [3.8, 4) is 0 Å². The van der Waals surface area contributed by atoms with Gasteiger partial charge in [-0.3, -0.25) is 0 Å². The molecule has 0 aromatic heterocycles. The van der Waals surface area contributed by atoms with Crippen molar-refractivity contribution in [2.75, 3.05) is 20.2 Å². The summed E-state index contributed by atoms with van der Waals surface area (Å²) in [5, 5.41) is 32.7. The summed E-state index contributed by atoms with van der Waals surface area (Å²) in [6.07, 6.45) is 11.5. The number of rotatable bonds is 3. The van der Waals surface area contributed by atoms with Crippen LogP contribution in [0, 0.1) is 46.3 Å².